The number of nitrogens with zero attached hydrogens (tertiary/aromatic N) is 4. The molecule has 1 saturated heterocycles. The molecular formula is C14H18N4O3. The number of likely N-dealkylation sites (tertiary alicyclic amines) is 1. The van der Waals surface area contributed by atoms with Gasteiger partial charge in [0.25, 0.3) is 0 Å². The third-order valence-corrected chi connectivity index (χ3v) is 3.92. The molecule has 1 aliphatic heterocycles. The Bertz CT molecular complexity index is 641. The Kier molecular flexibility index (Phi) is 3.48. The zero-order valence-electron chi connectivity index (χ0n) is 12.4. The molecule has 7 nitrogen and oxygen atoms in total. The SMILES string of the molecule is Cc1nc([C@H]2CCCN2C(=O)Cc2c(C)noc2C)no1. The van der Waals surface area contributed by atoms with Crippen LogP contribution < -0.4 is 0 Å². The molecule has 2 aromatic heterocycles. The summed E-state index contributed by atoms with van der Waals surface area (Å²) in [6, 6.07) is -0.0876. The van der Waals surface area contributed by atoms with Crippen LogP contribution in [-0.4, -0.2) is 32.6 Å². The van der Waals surface area contributed by atoms with E-state index in [1.165, 1.54) is 0 Å². The van der Waals surface area contributed by atoms with Gasteiger partial charge in [-0.3, -0.25) is 4.79 Å². The van der Waals surface area contributed by atoms with Crippen molar-refractivity contribution in [2.24, 2.45) is 0 Å². The number of aromatic nitrogens is 3. The van der Waals surface area contributed by atoms with Gasteiger partial charge in [-0.1, -0.05) is 10.3 Å². The molecule has 1 fully saturated rings. The van der Waals surface area contributed by atoms with Gasteiger partial charge in [0.05, 0.1) is 18.2 Å². The van der Waals surface area contributed by atoms with Crippen molar-refractivity contribution in [2.75, 3.05) is 6.54 Å². The lowest BCUT2D eigenvalue weighted by Gasteiger charge is -2.22. The largest absolute Gasteiger partial charge is 0.361 e. The summed E-state index contributed by atoms with van der Waals surface area (Å²) in [4.78, 5) is 18.7. The monoisotopic (exact) mass is 290 g/mol. The molecule has 112 valence electrons. The summed E-state index contributed by atoms with van der Waals surface area (Å²) in [5.74, 6) is 1.87. The Morgan fingerprint density at radius 2 is 2.10 bits per heavy atom. The molecule has 1 aliphatic rings. The highest BCUT2D eigenvalue weighted by molar-refractivity contribution is 5.79. The second-order valence-corrected chi connectivity index (χ2v) is 5.40. The Balaban J connectivity index is 1.77. The molecule has 21 heavy (non-hydrogen) atoms. The minimum Gasteiger partial charge on any atom is -0.361 e. The van der Waals surface area contributed by atoms with Crippen LogP contribution >= 0.6 is 0 Å². The van der Waals surface area contributed by atoms with Gasteiger partial charge in [0.1, 0.15) is 5.76 Å². The van der Waals surface area contributed by atoms with Crippen molar-refractivity contribution >= 4 is 5.91 Å². The van der Waals surface area contributed by atoms with Gasteiger partial charge in [-0.05, 0) is 26.7 Å². The van der Waals surface area contributed by atoms with Gasteiger partial charge >= 0.3 is 0 Å². The Labute approximate surface area is 122 Å². The van der Waals surface area contributed by atoms with Crippen LogP contribution in [0.15, 0.2) is 9.05 Å². The van der Waals surface area contributed by atoms with Crippen molar-refractivity contribution in [3.05, 3.63) is 28.7 Å². The predicted octanol–water partition coefficient (Wildman–Crippen LogP) is 1.89. The zero-order valence-corrected chi connectivity index (χ0v) is 12.4. The van der Waals surface area contributed by atoms with E-state index in [4.69, 9.17) is 9.05 Å². The van der Waals surface area contributed by atoms with Crippen molar-refractivity contribution in [1.82, 2.24) is 20.2 Å². The van der Waals surface area contributed by atoms with Gasteiger partial charge in [0, 0.05) is 19.0 Å². The molecule has 0 aliphatic carbocycles. The first kappa shape index (κ1) is 13.8. The van der Waals surface area contributed by atoms with E-state index in [0.29, 0.717) is 23.9 Å². The minimum absolute atomic E-state index is 0.0503. The Hall–Kier alpha value is -2.18. The molecule has 0 aromatic carbocycles. The van der Waals surface area contributed by atoms with E-state index in [2.05, 4.69) is 15.3 Å². The van der Waals surface area contributed by atoms with E-state index in [0.717, 1.165) is 30.6 Å². The van der Waals surface area contributed by atoms with E-state index in [1.807, 2.05) is 18.7 Å². The van der Waals surface area contributed by atoms with E-state index in [-0.39, 0.29) is 11.9 Å². The number of amides is 1. The standard InChI is InChI=1S/C14H18N4O3/c1-8-11(9(2)20-16-8)7-13(19)18-6-4-5-12(18)14-15-10(3)21-17-14/h12H,4-7H2,1-3H3/t12-/m1/s1. The summed E-state index contributed by atoms with van der Waals surface area (Å²) in [5.41, 5.74) is 1.64. The van der Waals surface area contributed by atoms with Crippen molar-refractivity contribution in [2.45, 2.75) is 46.1 Å². The van der Waals surface area contributed by atoms with Crippen LogP contribution in [0.1, 0.15) is 47.6 Å². The average Bonchev–Trinajstić information content (AvgIpc) is 3.14. The number of aryl methyl sites for hydroxylation is 3. The van der Waals surface area contributed by atoms with E-state index in [1.54, 1.807) is 6.92 Å². The predicted molar refractivity (Wildman–Crippen MR) is 72.4 cm³/mol. The molecule has 1 atom stereocenters. The van der Waals surface area contributed by atoms with Crippen LogP contribution in [-0.2, 0) is 11.2 Å². The third kappa shape index (κ3) is 2.55. The number of carbonyl (C=O) groups excluding carboxylic acids is 1. The van der Waals surface area contributed by atoms with Crippen molar-refractivity contribution < 1.29 is 13.8 Å². The van der Waals surface area contributed by atoms with Gasteiger partial charge < -0.3 is 13.9 Å². The molecule has 0 saturated carbocycles. The molecular weight excluding hydrogens is 272 g/mol. The van der Waals surface area contributed by atoms with Crippen LogP contribution in [0, 0.1) is 20.8 Å². The Morgan fingerprint density at radius 3 is 2.71 bits per heavy atom. The van der Waals surface area contributed by atoms with Crippen LogP contribution in [0.3, 0.4) is 0 Å². The number of hydrogen-bond donors (Lipinski definition) is 0. The van der Waals surface area contributed by atoms with Crippen molar-refractivity contribution in [3.63, 3.8) is 0 Å². The summed E-state index contributed by atoms with van der Waals surface area (Å²) < 4.78 is 10.1. The number of hydrogen-bond acceptors (Lipinski definition) is 6. The molecule has 0 radical (unpaired) electrons. The molecule has 3 rings (SSSR count). The maximum Gasteiger partial charge on any atom is 0.227 e. The summed E-state index contributed by atoms with van der Waals surface area (Å²) in [5, 5.41) is 7.84. The first-order valence-corrected chi connectivity index (χ1v) is 7.07. The highest BCUT2D eigenvalue weighted by Gasteiger charge is 2.33. The fraction of sp³-hybridized carbons (Fsp3) is 0.571. The molecule has 0 N–H and O–H groups in total. The Morgan fingerprint density at radius 1 is 1.29 bits per heavy atom. The van der Waals surface area contributed by atoms with Crippen LogP contribution in [0.4, 0.5) is 0 Å². The van der Waals surface area contributed by atoms with Gasteiger partial charge in [0.15, 0.2) is 5.82 Å². The van der Waals surface area contributed by atoms with Crippen LogP contribution in [0.5, 0.6) is 0 Å². The number of carbonyl (C=O) groups is 1. The van der Waals surface area contributed by atoms with E-state index < -0.39 is 0 Å². The second-order valence-electron chi connectivity index (χ2n) is 5.40. The average molecular weight is 290 g/mol. The molecule has 0 spiro atoms. The zero-order chi connectivity index (χ0) is 15.0. The van der Waals surface area contributed by atoms with Crippen molar-refractivity contribution in [3.8, 4) is 0 Å². The second kappa shape index (κ2) is 5.31. The normalized spacial score (nSPS) is 18.4. The maximum atomic E-state index is 12.6. The third-order valence-electron chi connectivity index (χ3n) is 3.92. The fourth-order valence-corrected chi connectivity index (χ4v) is 2.79. The number of rotatable bonds is 3. The van der Waals surface area contributed by atoms with Gasteiger partial charge in [-0.15, -0.1) is 0 Å². The fourth-order valence-electron chi connectivity index (χ4n) is 2.79. The lowest BCUT2D eigenvalue weighted by molar-refractivity contribution is -0.131. The first-order chi connectivity index (χ1) is 10.1. The quantitative estimate of drug-likeness (QED) is 0.858. The molecule has 7 heteroatoms. The summed E-state index contributed by atoms with van der Waals surface area (Å²) in [6.07, 6.45) is 2.12. The van der Waals surface area contributed by atoms with Gasteiger partial charge in [-0.25, -0.2) is 0 Å². The molecule has 3 heterocycles. The van der Waals surface area contributed by atoms with E-state index in [9.17, 15) is 4.79 Å². The van der Waals surface area contributed by atoms with Crippen LogP contribution in [0.25, 0.3) is 0 Å². The minimum atomic E-state index is -0.0876. The van der Waals surface area contributed by atoms with Gasteiger partial charge in [-0.2, -0.15) is 4.98 Å². The lowest BCUT2D eigenvalue weighted by atomic mass is 10.1. The summed E-state index contributed by atoms with van der Waals surface area (Å²) in [7, 11) is 0. The van der Waals surface area contributed by atoms with Crippen LogP contribution in [0.2, 0.25) is 0 Å². The van der Waals surface area contributed by atoms with Crippen molar-refractivity contribution in [1.29, 1.82) is 0 Å². The molecule has 2 aromatic rings. The topological polar surface area (TPSA) is 85.3 Å². The lowest BCUT2D eigenvalue weighted by Crippen LogP contribution is -2.32. The summed E-state index contributed by atoms with van der Waals surface area (Å²) in [6.45, 7) is 6.15. The van der Waals surface area contributed by atoms with Gasteiger partial charge in [0.2, 0.25) is 11.8 Å². The summed E-state index contributed by atoms with van der Waals surface area (Å²) >= 11 is 0. The first-order valence-electron chi connectivity index (χ1n) is 7.07. The maximum absolute atomic E-state index is 12.6. The van der Waals surface area contributed by atoms with E-state index >= 15 is 0 Å². The molecule has 0 unspecified atom stereocenters. The highest BCUT2D eigenvalue weighted by atomic mass is 16.5. The molecule has 0 bridgehead atoms. The highest BCUT2D eigenvalue weighted by Crippen LogP contribution is 2.31. The molecule has 1 amide bonds. The smallest absolute Gasteiger partial charge is 0.227 e.